The number of hydrogen-bond acceptors (Lipinski definition) is 4. The predicted octanol–water partition coefficient (Wildman–Crippen LogP) is 1.51. The van der Waals surface area contributed by atoms with Crippen molar-refractivity contribution in [1.29, 1.82) is 5.41 Å². The van der Waals surface area contributed by atoms with Crippen LogP contribution in [0.4, 0.5) is 0 Å². The zero-order chi connectivity index (χ0) is 18.5. The molecule has 7 heteroatoms. The molecule has 1 unspecified atom stereocenters. The van der Waals surface area contributed by atoms with Crippen molar-refractivity contribution in [3.05, 3.63) is 51.1 Å². The first-order valence-corrected chi connectivity index (χ1v) is 9.56. The number of amidine groups is 1. The van der Waals surface area contributed by atoms with Crippen LogP contribution < -0.4 is 21.4 Å². The van der Waals surface area contributed by atoms with E-state index in [1.54, 1.807) is 0 Å². The zero-order valence-corrected chi connectivity index (χ0v) is 15.8. The second kappa shape index (κ2) is 8.14. The maximum absolute atomic E-state index is 10.9. The van der Waals surface area contributed by atoms with Gasteiger partial charge in [-0.2, -0.15) is 0 Å². The monoisotopic (exact) mass is 369 g/mol. The highest BCUT2D eigenvalue weighted by Crippen LogP contribution is 2.12. The maximum atomic E-state index is 10.9. The van der Waals surface area contributed by atoms with Gasteiger partial charge in [0.2, 0.25) is 5.91 Å². The number of carbonyl (C=O) groups excluding carboxylic acids is 1. The molecule has 2 heterocycles. The lowest BCUT2D eigenvalue weighted by Crippen LogP contribution is -2.40. The highest BCUT2D eigenvalue weighted by Gasteiger charge is 2.09. The van der Waals surface area contributed by atoms with Crippen LogP contribution in [0.5, 0.6) is 0 Å². The van der Waals surface area contributed by atoms with Crippen LogP contribution in [0.1, 0.15) is 37.4 Å². The third kappa shape index (κ3) is 4.29. The Balaban J connectivity index is 1.77. The number of nitrogens with one attached hydrogen (secondary N) is 3. The lowest BCUT2D eigenvalue weighted by molar-refractivity contribution is -0.119. The van der Waals surface area contributed by atoms with Crippen molar-refractivity contribution in [3.63, 3.8) is 0 Å². The first-order chi connectivity index (χ1) is 12.6. The minimum absolute atomic E-state index is 0.0827. The molecular formula is C19H23N5OS. The number of allylic oxidation sites excluding steroid dienone is 2. The van der Waals surface area contributed by atoms with Crippen molar-refractivity contribution in [1.82, 2.24) is 20.4 Å². The minimum Gasteiger partial charge on any atom is -0.341 e. The molecule has 0 bridgehead atoms. The predicted molar refractivity (Wildman–Crippen MR) is 105 cm³/mol. The summed E-state index contributed by atoms with van der Waals surface area (Å²) in [7, 11) is 0. The molecule has 2 aromatic heterocycles. The van der Waals surface area contributed by atoms with Crippen molar-refractivity contribution in [3.8, 4) is 0 Å². The molecule has 1 amide bonds. The Labute approximate surface area is 156 Å². The van der Waals surface area contributed by atoms with E-state index in [9.17, 15) is 4.79 Å². The summed E-state index contributed by atoms with van der Waals surface area (Å²) >= 11 is 1.51. The van der Waals surface area contributed by atoms with Crippen LogP contribution in [-0.2, 0) is 11.3 Å². The molecule has 136 valence electrons. The van der Waals surface area contributed by atoms with Crippen LogP contribution in [0, 0.1) is 11.3 Å². The van der Waals surface area contributed by atoms with E-state index < -0.39 is 0 Å². The lowest BCUT2D eigenvalue weighted by Gasteiger charge is -2.04. The third-order valence-corrected chi connectivity index (χ3v) is 4.98. The van der Waals surface area contributed by atoms with E-state index in [0.717, 1.165) is 11.4 Å². The summed E-state index contributed by atoms with van der Waals surface area (Å²) in [6, 6.07) is 2.15. The number of nitrogens with zero attached hydrogens (tertiary/aromatic N) is 2. The van der Waals surface area contributed by atoms with Crippen molar-refractivity contribution in [2.24, 2.45) is 5.92 Å². The number of hydrazine groups is 1. The van der Waals surface area contributed by atoms with Crippen LogP contribution in [0.15, 0.2) is 29.8 Å². The molecule has 3 rings (SSSR count). The molecule has 0 spiro atoms. The fraction of sp³-hybridized carbons (Fsp3) is 0.316. The normalized spacial score (nSPS) is 15.4. The van der Waals surface area contributed by atoms with Gasteiger partial charge >= 0.3 is 0 Å². The van der Waals surface area contributed by atoms with Gasteiger partial charge in [0.15, 0.2) is 5.84 Å². The first-order valence-electron chi connectivity index (χ1n) is 8.68. The highest BCUT2D eigenvalue weighted by molar-refractivity contribution is 7.09. The van der Waals surface area contributed by atoms with Gasteiger partial charge in [-0.1, -0.05) is 31.6 Å². The van der Waals surface area contributed by atoms with Crippen LogP contribution in [-0.4, -0.2) is 21.3 Å². The minimum atomic E-state index is -0.249. The number of rotatable bonds is 5. The van der Waals surface area contributed by atoms with Gasteiger partial charge in [-0.05, 0) is 29.7 Å². The quantitative estimate of drug-likeness (QED) is 0.424. The Morgan fingerprint density at radius 1 is 1.42 bits per heavy atom. The van der Waals surface area contributed by atoms with E-state index in [-0.39, 0.29) is 11.7 Å². The fourth-order valence-corrected chi connectivity index (χ4v) is 3.70. The van der Waals surface area contributed by atoms with Crippen molar-refractivity contribution in [2.75, 3.05) is 0 Å². The van der Waals surface area contributed by atoms with Crippen molar-refractivity contribution < 1.29 is 4.79 Å². The summed E-state index contributed by atoms with van der Waals surface area (Å²) < 4.78 is 2.18. The molecule has 0 aromatic carbocycles. The molecule has 6 nitrogen and oxygen atoms in total. The molecule has 2 aromatic rings. The van der Waals surface area contributed by atoms with E-state index in [0.29, 0.717) is 18.2 Å². The Kier molecular flexibility index (Phi) is 5.68. The van der Waals surface area contributed by atoms with Crippen LogP contribution in [0.3, 0.4) is 0 Å². The fourth-order valence-electron chi connectivity index (χ4n) is 2.92. The van der Waals surface area contributed by atoms with E-state index in [1.165, 1.54) is 35.2 Å². The molecule has 3 N–H and O–H groups in total. The highest BCUT2D eigenvalue weighted by atomic mass is 32.1. The van der Waals surface area contributed by atoms with Gasteiger partial charge < -0.3 is 4.57 Å². The molecule has 1 aliphatic carbocycles. The largest absolute Gasteiger partial charge is 0.341 e. The van der Waals surface area contributed by atoms with E-state index in [4.69, 9.17) is 5.41 Å². The molecule has 26 heavy (non-hydrogen) atoms. The summed E-state index contributed by atoms with van der Waals surface area (Å²) in [6.07, 6.45) is 13.3. The Morgan fingerprint density at radius 3 is 3.04 bits per heavy atom. The standard InChI is InChI=1S/C19H23N5OS/c1-3-5-14-6-4-7-17-15(10-14)8-9-24(17)11-18-21-16(12-26-18)19(20)23-22-13(2)25/h4,6-10,12,14H,3,5,11H2,1-2H3,(H2,20,23)(H,22,25). The van der Waals surface area contributed by atoms with E-state index in [2.05, 4.69) is 63.9 Å². The maximum Gasteiger partial charge on any atom is 0.235 e. The van der Waals surface area contributed by atoms with Gasteiger partial charge in [0.1, 0.15) is 10.7 Å². The van der Waals surface area contributed by atoms with Gasteiger partial charge in [0, 0.05) is 23.8 Å². The number of fused-ring (bicyclic) bond motifs is 1. The summed E-state index contributed by atoms with van der Waals surface area (Å²) in [6.45, 7) is 4.25. The summed E-state index contributed by atoms with van der Waals surface area (Å²) in [4.78, 5) is 15.4. The van der Waals surface area contributed by atoms with Gasteiger partial charge in [0.05, 0.1) is 6.54 Å². The van der Waals surface area contributed by atoms with Gasteiger partial charge in [-0.25, -0.2) is 4.98 Å². The van der Waals surface area contributed by atoms with E-state index in [1.807, 2.05) is 5.38 Å². The summed E-state index contributed by atoms with van der Waals surface area (Å²) in [5, 5.41) is 13.1. The van der Waals surface area contributed by atoms with Crippen LogP contribution in [0.25, 0.3) is 12.2 Å². The molecule has 0 fully saturated rings. The Hall–Kier alpha value is -2.67. The molecule has 0 saturated heterocycles. The SMILES string of the molecule is CCCC1C=CC=c2c(ccn2Cc2nc(C(=N)NNC(C)=O)cs2)=C1. The average molecular weight is 369 g/mol. The molecular weight excluding hydrogens is 346 g/mol. The van der Waals surface area contributed by atoms with Gasteiger partial charge in [-0.15, -0.1) is 11.3 Å². The zero-order valence-electron chi connectivity index (χ0n) is 15.0. The second-order valence-corrected chi connectivity index (χ2v) is 7.21. The van der Waals surface area contributed by atoms with Gasteiger partial charge in [-0.3, -0.25) is 21.1 Å². The van der Waals surface area contributed by atoms with Gasteiger partial charge in [0.25, 0.3) is 0 Å². The van der Waals surface area contributed by atoms with E-state index >= 15 is 0 Å². The van der Waals surface area contributed by atoms with Crippen molar-refractivity contribution in [2.45, 2.75) is 33.2 Å². The van der Waals surface area contributed by atoms with Crippen molar-refractivity contribution >= 4 is 35.2 Å². The molecule has 0 saturated carbocycles. The molecule has 1 atom stereocenters. The third-order valence-electron chi connectivity index (χ3n) is 4.14. The smallest absolute Gasteiger partial charge is 0.235 e. The number of aromatic nitrogens is 2. The average Bonchev–Trinajstić information content (AvgIpc) is 3.16. The van der Waals surface area contributed by atoms with Crippen LogP contribution in [0.2, 0.25) is 0 Å². The van der Waals surface area contributed by atoms with Crippen LogP contribution >= 0.6 is 11.3 Å². The second-order valence-electron chi connectivity index (χ2n) is 6.26. The first kappa shape index (κ1) is 18.1. The molecule has 1 aliphatic rings. The Bertz CT molecular complexity index is 953. The topological polar surface area (TPSA) is 82.8 Å². The number of hydrogen-bond donors (Lipinski definition) is 3. The summed E-state index contributed by atoms with van der Waals surface area (Å²) in [5.74, 6) is 0.320. The number of thiazole rings is 1. The number of amides is 1. The molecule has 0 aliphatic heterocycles. The number of carbonyl (C=O) groups is 1. The molecule has 0 radical (unpaired) electrons. The Morgan fingerprint density at radius 2 is 2.27 bits per heavy atom. The summed E-state index contributed by atoms with van der Waals surface area (Å²) in [5.41, 5.74) is 5.46. The lowest BCUT2D eigenvalue weighted by atomic mass is 10.0.